The molecule has 0 unspecified atom stereocenters. The summed E-state index contributed by atoms with van der Waals surface area (Å²) in [5.74, 6) is 1.03. The monoisotopic (exact) mass is 393 g/mol. The number of halogens is 3. The number of aliphatic imine (C=N–C) groups is 1. The van der Waals surface area contributed by atoms with Gasteiger partial charge in [-0.3, -0.25) is 4.99 Å². The van der Waals surface area contributed by atoms with Crippen LogP contribution in [0, 0.1) is 11.6 Å². The SMILES string of the molecule is Fc1cc2c(cc1F)NC1(CCSCC1)C(=NCc1cccc(Cl)c1)N2. The minimum Gasteiger partial charge on any atom is -0.371 e. The summed E-state index contributed by atoms with van der Waals surface area (Å²) in [5.41, 5.74) is 1.72. The van der Waals surface area contributed by atoms with Crippen LogP contribution in [0.5, 0.6) is 0 Å². The van der Waals surface area contributed by atoms with Crippen molar-refractivity contribution < 1.29 is 8.78 Å². The second kappa shape index (κ2) is 7.08. The molecule has 3 nitrogen and oxygen atoms in total. The predicted molar refractivity (Wildman–Crippen MR) is 105 cm³/mol. The molecule has 1 spiro atoms. The molecular weight excluding hydrogens is 376 g/mol. The highest BCUT2D eigenvalue weighted by atomic mass is 35.5. The highest BCUT2D eigenvalue weighted by molar-refractivity contribution is 7.99. The van der Waals surface area contributed by atoms with E-state index in [1.54, 1.807) is 0 Å². The molecule has 0 aromatic heterocycles. The van der Waals surface area contributed by atoms with E-state index in [1.165, 1.54) is 12.1 Å². The van der Waals surface area contributed by atoms with Crippen molar-refractivity contribution in [2.24, 2.45) is 4.99 Å². The molecule has 2 aromatic rings. The molecule has 26 heavy (non-hydrogen) atoms. The molecule has 0 bridgehead atoms. The van der Waals surface area contributed by atoms with Gasteiger partial charge in [-0.15, -0.1) is 0 Å². The van der Waals surface area contributed by atoms with Gasteiger partial charge in [0.05, 0.1) is 23.5 Å². The normalized spacial score (nSPS) is 19.7. The van der Waals surface area contributed by atoms with Gasteiger partial charge in [-0.2, -0.15) is 11.8 Å². The summed E-state index contributed by atoms with van der Waals surface area (Å²) in [6, 6.07) is 9.97. The van der Waals surface area contributed by atoms with Crippen molar-refractivity contribution in [3.63, 3.8) is 0 Å². The Labute approximate surface area is 160 Å². The summed E-state index contributed by atoms with van der Waals surface area (Å²) in [4.78, 5) is 4.78. The molecule has 0 amide bonds. The van der Waals surface area contributed by atoms with Gasteiger partial charge in [0, 0.05) is 17.2 Å². The van der Waals surface area contributed by atoms with Gasteiger partial charge < -0.3 is 10.6 Å². The zero-order valence-electron chi connectivity index (χ0n) is 14.0. The number of hydrogen-bond donors (Lipinski definition) is 2. The van der Waals surface area contributed by atoms with E-state index in [0.717, 1.165) is 35.7 Å². The van der Waals surface area contributed by atoms with Crippen molar-refractivity contribution in [1.82, 2.24) is 0 Å². The Morgan fingerprint density at radius 2 is 1.81 bits per heavy atom. The minimum absolute atomic E-state index is 0.374. The third kappa shape index (κ3) is 3.40. The third-order valence-corrected chi connectivity index (χ3v) is 6.02. The Hall–Kier alpha value is -1.79. The number of benzene rings is 2. The average molecular weight is 394 g/mol. The van der Waals surface area contributed by atoms with E-state index in [-0.39, 0.29) is 5.54 Å². The largest absolute Gasteiger partial charge is 0.371 e. The van der Waals surface area contributed by atoms with Gasteiger partial charge in [0.1, 0.15) is 5.84 Å². The van der Waals surface area contributed by atoms with Crippen molar-refractivity contribution in [3.8, 4) is 0 Å². The molecule has 2 heterocycles. The topological polar surface area (TPSA) is 36.4 Å². The van der Waals surface area contributed by atoms with Crippen LogP contribution in [0.1, 0.15) is 18.4 Å². The molecule has 2 N–H and O–H groups in total. The van der Waals surface area contributed by atoms with Crippen molar-refractivity contribution in [1.29, 1.82) is 0 Å². The van der Waals surface area contributed by atoms with Gasteiger partial charge in [-0.1, -0.05) is 23.7 Å². The summed E-state index contributed by atoms with van der Waals surface area (Å²) in [6.45, 7) is 0.471. The van der Waals surface area contributed by atoms with Crippen LogP contribution in [0.25, 0.3) is 0 Å². The summed E-state index contributed by atoms with van der Waals surface area (Å²) >= 11 is 7.94. The predicted octanol–water partition coefficient (Wildman–Crippen LogP) is 5.32. The van der Waals surface area contributed by atoms with E-state index < -0.39 is 11.6 Å². The lowest BCUT2D eigenvalue weighted by Gasteiger charge is -2.43. The summed E-state index contributed by atoms with van der Waals surface area (Å²) in [7, 11) is 0. The van der Waals surface area contributed by atoms with Crippen molar-refractivity contribution in [2.75, 3.05) is 22.1 Å². The van der Waals surface area contributed by atoms with Crippen LogP contribution in [-0.2, 0) is 6.54 Å². The second-order valence-corrected chi connectivity index (χ2v) is 8.21. The fraction of sp³-hybridized carbons (Fsp3) is 0.316. The molecule has 0 aliphatic carbocycles. The van der Waals surface area contributed by atoms with E-state index >= 15 is 0 Å². The molecule has 2 aromatic carbocycles. The molecule has 0 atom stereocenters. The molecule has 2 aliphatic heterocycles. The number of hydrogen-bond acceptors (Lipinski definition) is 3. The Bertz CT molecular complexity index is 866. The summed E-state index contributed by atoms with van der Waals surface area (Å²) in [6.07, 6.45) is 1.75. The number of nitrogens with one attached hydrogen (secondary N) is 2. The molecule has 1 saturated heterocycles. The van der Waals surface area contributed by atoms with E-state index in [0.29, 0.717) is 22.9 Å². The number of fused-ring (bicyclic) bond motifs is 1. The summed E-state index contributed by atoms with van der Waals surface area (Å²) in [5, 5.41) is 7.36. The molecule has 4 rings (SSSR count). The fourth-order valence-corrected chi connectivity index (χ4v) is 4.80. The standard InChI is InChI=1S/C19H18ClF2N3S/c20-13-3-1-2-12(8-13)11-23-18-19(4-6-26-7-5-19)25-17-10-15(22)14(21)9-16(17)24-18/h1-3,8-10,25H,4-7,11H2,(H,23,24). The highest BCUT2D eigenvalue weighted by Gasteiger charge is 2.41. The lowest BCUT2D eigenvalue weighted by Crippen LogP contribution is -2.54. The van der Waals surface area contributed by atoms with Gasteiger partial charge in [-0.05, 0) is 42.0 Å². The van der Waals surface area contributed by atoms with Crippen LogP contribution in [0.2, 0.25) is 5.02 Å². The van der Waals surface area contributed by atoms with E-state index in [2.05, 4.69) is 10.6 Å². The van der Waals surface area contributed by atoms with Crippen molar-refractivity contribution >= 4 is 40.6 Å². The van der Waals surface area contributed by atoms with Crippen LogP contribution in [0.3, 0.4) is 0 Å². The first-order valence-corrected chi connectivity index (χ1v) is 10.0. The molecule has 136 valence electrons. The lowest BCUT2D eigenvalue weighted by atomic mass is 9.87. The fourth-order valence-electron chi connectivity index (χ4n) is 3.40. The summed E-state index contributed by atoms with van der Waals surface area (Å²) < 4.78 is 27.3. The van der Waals surface area contributed by atoms with Crippen LogP contribution < -0.4 is 10.6 Å². The first kappa shape index (κ1) is 17.6. The van der Waals surface area contributed by atoms with E-state index in [1.807, 2.05) is 36.0 Å². The van der Waals surface area contributed by atoms with Crippen LogP contribution in [0.4, 0.5) is 20.2 Å². The van der Waals surface area contributed by atoms with Gasteiger partial charge in [-0.25, -0.2) is 8.78 Å². The lowest BCUT2D eigenvalue weighted by molar-refractivity contribution is 0.507. The second-order valence-electron chi connectivity index (χ2n) is 6.55. The molecular formula is C19H18ClF2N3S. The van der Waals surface area contributed by atoms with Gasteiger partial charge in [0.15, 0.2) is 11.6 Å². The number of anilines is 2. The Morgan fingerprint density at radius 3 is 2.54 bits per heavy atom. The minimum atomic E-state index is -0.873. The maximum absolute atomic E-state index is 13.7. The maximum atomic E-state index is 13.7. The molecule has 0 saturated carbocycles. The van der Waals surface area contributed by atoms with Crippen molar-refractivity contribution in [3.05, 3.63) is 58.6 Å². The van der Waals surface area contributed by atoms with Gasteiger partial charge in [0.2, 0.25) is 0 Å². The Balaban J connectivity index is 1.70. The van der Waals surface area contributed by atoms with Gasteiger partial charge in [0.25, 0.3) is 0 Å². The molecule has 1 fully saturated rings. The Morgan fingerprint density at radius 1 is 1.08 bits per heavy atom. The zero-order valence-corrected chi connectivity index (χ0v) is 15.6. The van der Waals surface area contributed by atoms with Crippen LogP contribution in [-0.4, -0.2) is 22.9 Å². The highest BCUT2D eigenvalue weighted by Crippen LogP contribution is 2.39. The maximum Gasteiger partial charge on any atom is 0.161 e. The first-order valence-electron chi connectivity index (χ1n) is 8.47. The van der Waals surface area contributed by atoms with E-state index in [4.69, 9.17) is 16.6 Å². The third-order valence-electron chi connectivity index (χ3n) is 4.80. The van der Waals surface area contributed by atoms with E-state index in [9.17, 15) is 8.78 Å². The first-order chi connectivity index (χ1) is 12.6. The average Bonchev–Trinajstić information content (AvgIpc) is 2.62. The number of rotatable bonds is 2. The number of thioether (sulfide) groups is 1. The van der Waals surface area contributed by atoms with Gasteiger partial charge >= 0.3 is 0 Å². The molecule has 2 aliphatic rings. The zero-order chi connectivity index (χ0) is 18.1. The smallest absolute Gasteiger partial charge is 0.161 e. The van der Waals surface area contributed by atoms with Crippen LogP contribution >= 0.6 is 23.4 Å². The quantitative estimate of drug-likeness (QED) is 0.724. The Kier molecular flexibility index (Phi) is 4.80. The molecule has 0 radical (unpaired) electrons. The van der Waals surface area contributed by atoms with Crippen molar-refractivity contribution in [2.45, 2.75) is 24.9 Å². The number of nitrogens with zero attached hydrogens (tertiary/aromatic N) is 1. The van der Waals surface area contributed by atoms with Crippen LogP contribution in [0.15, 0.2) is 41.4 Å². The molecule has 7 heteroatoms. The number of amidine groups is 1.